The molecule has 0 saturated heterocycles. The first-order valence-corrected chi connectivity index (χ1v) is 10.4. The molecular formula is C21H23N5O2S. The summed E-state index contributed by atoms with van der Waals surface area (Å²) in [7, 11) is 1.54. The van der Waals surface area contributed by atoms with Crippen LogP contribution in [-0.2, 0) is 4.79 Å². The molecule has 29 heavy (non-hydrogen) atoms. The van der Waals surface area contributed by atoms with Gasteiger partial charge in [-0.25, -0.2) is 0 Å². The fourth-order valence-electron chi connectivity index (χ4n) is 4.01. The van der Waals surface area contributed by atoms with Gasteiger partial charge in [0.15, 0.2) is 0 Å². The van der Waals surface area contributed by atoms with Crippen LogP contribution in [0.25, 0.3) is 0 Å². The Morgan fingerprint density at radius 3 is 2.59 bits per heavy atom. The molecule has 3 rings (SSSR count). The zero-order chi connectivity index (χ0) is 20.9. The van der Waals surface area contributed by atoms with Gasteiger partial charge < -0.3 is 21.1 Å². The van der Waals surface area contributed by atoms with E-state index in [0.717, 1.165) is 32.1 Å². The number of methoxy groups -OCH3 is 1. The van der Waals surface area contributed by atoms with Gasteiger partial charge in [0.05, 0.1) is 46.9 Å². The molecule has 1 spiro atoms. The van der Waals surface area contributed by atoms with Crippen molar-refractivity contribution < 1.29 is 9.53 Å². The summed E-state index contributed by atoms with van der Waals surface area (Å²) in [5.74, 6) is 0.723. The summed E-state index contributed by atoms with van der Waals surface area (Å²) in [4.78, 5) is 12.5. The Labute approximate surface area is 174 Å². The van der Waals surface area contributed by atoms with Gasteiger partial charge in [0.2, 0.25) is 5.91 Å². The predicted molar refractivity (Wildman–Crippen MR) is 112 cm³/mol. The van der Waals surface area contributed by atoms with E-state index in [-0.39, 0.29) is 17.5 Å². The van der Waals surface area contributed by atoms with Gasteiger partial charge >= 0.3 is 0 Å². The summed E-state index contributed by atoms with van der Waals surface area (Å²) in [6.45, 7) is 0. The van der Waals surface area contributed by atoms with Crippen LogP contribution in [0.15, 0.2) is 46.3 Å². The standard InChI is InChI=1S/C21H23N5O2S/c1-28-17-8-4-3-7-16(17)25-18(27)13-29-20-15(12-23)21(9-5-2-6-10-21)14(11-22)19(24)26-20/h3-4,7-8,26H,2,5-6,9-10,13,24H2,1H3,(H,25,27). The normalized spacial score (nSPS) is 17.9. The Balaban J connectivity index is 1.80. The average molecular weight is 410 g/mol. The Kier molecular flexibility index (Phi) is 6.36. The summed E-state index contributed by atoms with van der Waals surface area (Å²) < 4.78 is 5.25. The van der Waals surface area contributed by atoms with Crippen LogP contribution in [-0.4, -0.2) is 18.8 Å². The molecule has 4 N–H and O–H groups in total. The molecule has 1 aliphatic heterocycles. The highest BCUT2D eigenvalue weighted by atomic mass is 32.2. The van der Waals surface area contributed by atoms with Gasteiger partial charge in [0.1, 0.15) is 11.6 Å². The van der Waals surface area contributed by atoms with Crippen LogP contribution in [0.5, 0.6) is 5.75 Å². The highest BCUT2D eigenvalue weighted by molar-refractivity contribution is 8.03. The molecule has 7 nitrogen and oxygen atoms in total. The lowest BCUT2D eigenvalue weighted by Gasteiger charge is -2.40. The molecule has 150 valence electrons. The SMILES string of the molecule is COc1ccccc1NC(=O)CSC1=C(C#N)C2(CCCCC2)C(C#N)=C(N)N1. The number of anilines is 1. The van der Waals surface area contributed by atoms with Gasteiger partial charge in [-0.15, -0.1) is 0 Å². The van der Waals surface area contributed by atoms with E-state index in [1.165, 1.54) is 11.8 Å². The number of benzene rings is 1. The Bertz CT molecular complexity index is 949. The van der Waals surface area contributed by atoms with Gasteiger partial charge in [-0.1, -0.05) is 43.2 Å². The number of thioether (sulfide) groups is 1. The lowest BCUT2D eigenvalue weighted by Crippen LogP contribution is -2.39. The largest absolute Gasteiger partial charge is 0.495 e. The van der Waals surface area contributed by atoms with Gasteiger partial charge in [0.25, 0.3) is 0 Å². The van der Waals surface area contributed by atoms with E-state index >= 15 is 0 Å². The number of rotatable bonds is 5. The molecule has 1 aromatic carbocycles. The van der Waals surface area contributed by atoms with E-state index in [4.69, 9.17) is 10.5 Å². The maximum atomic E-state index is 12.5. The number of ether oxygens (including phenoxy) is 1. The maximum absolute atomic E-state index is 12.5. The third kappa shape index (κ3) is 4.03. The Morgan fingerprint density at radius 2 is 1.93 bits per heavy atom. The minimum absolute atomic E-state index is 0.0941. The van der Waals surface area contributed by atoms with Crippen molar-refractivity contribution in [2.45, 2.75) is 32.1 Å². The molecule has 0 bridgehead atoms. The second-order valence-electron chi connectivity index (χ2n) is 7.02. The minimum Gasteiger partial charge on any atom is -0.495 e. The van der Waals surface area contributed by atoms with Crippen LogP contribution in [0, 0.1) is 28.1 Å². The van der Waals surface area contributed by atoms with E-state index in [1.807, 2.05) is 12.1 Å². The second-order valence-corrected chi connectivity index (χ2v) is 8.01. The Morgan fingerprint density at radius 1 is 1.24 bits per heavy atom. The molecule has 0 radical (unpaired) electrons. The topological polar surface area (TPSA) is 124 Å². The highest BCUT2D eigenvalue weighted by Gasteiger charge is 2.45. The number of carbonyl (C=O) groups excluding carboxylic acids is 1. The number of carbonyl (C=O) groups is 1. The van der Waals surface area contributed by atoms with E-state index < -0.39 is 5.41 Å². The molecule has 1 saturated carbocycles. The number of nitriles is 2. The van der Waals surface area contributed by atoms with Crippen LogP contribution in [0.2, 0.25) is 0 Å². The molecule has 1 aliphatic carbocycles. The summed E-state index contributed by atoms with van der Waals surface area (Å²) >= 11 is 1.22. The number of nitrogens with two attached hydrogens (primary N) is 1. The number of nitrogens with one attached hydrogen (secondary N) is 2. The van der Waals surface area contributed by atoms with Crippen molar-refractivity contribution in [3.63, 3.8) is 0 Å². The smallest absolute Gasteiger partial charge is 0.234 e. The van der Waals surface area contributed by atoms with Crippen molar-refractivity contribution in [1.29, 1.82) is 10.5 Å². The quantitative estimate of drug-likeness (QED) is 0.681. The molecule has 0 aromatic heterocycles. The molecule has 8 heteroatoms. The molecule has 1 fully saturated rings. The van der Waals surface area contributed by atoms with Crippen molar-refractivity contribution in [2.24, 2.45) is 11.1 Å². The molecule has 1 aromatic rings. The summed E-state index contributed by atoms with van der Waals surface area (Å²) in [6, 6.07) is 11.7. The number of para-hydroxylation sites is 2. The first-order valence-electron chi connectivity index (χ1n) is 9.43. The zero-order valence-corrected chi connectivity index (χ0v) is 17.1. The van der Waals surface area contributed by atoms with Gasteiger partial charge in [-0.05, 0) is 25.0 Å². The fourth-order valence-corrected chi connectivity index (χ4v) is 4.92. The van der Waals surface area contributed by atoms with Crippen molar-refractivity contribution in [1.82, 2.24) is 5.32 Å². The molecule has 2 aliphatic rings. The third-order valence-electron chi connectivity index (χ3n) is 5.36. The van der Waals surface area contributed by atoms with E-state index in [0.29, 0.717) is 27.6 Å². The number of hydrogen-bond donors (Lipinski definition) is 3. The maximum Gasteiger partial charge on any atom is 0.234 e. The van der Waals surface area contributed by atoms with Crippen LogP contribution in [0.3, 0.4) is 0 Å². The van der Waals surface area contributed by atoms with E-state index in [1.54, 1.807) is 19.2 Å². The zero-order valence-electron chi connectivity index (χ0n) is 16.2. The van der Waals surface area contributed by atoms with Crippen LogP contribution in [0.1, 0.15) is 32.1 Å². The summed E-state index contributed by atoms with van der Waals surface area (Å²) in [5, 5.41) is 25.9. The summed E-state index contributed by atoms with van der Waals surface area (Å²) in [6.07, 6.45) is 4.40. The lowest BCUT2D eigenvalue weighted by atomic mass is 9.64. The van der Waals surface area contributed by atoms with E-state index in [9.17, 15) is 15.3 Å². The van der Waals surface area contributed by atoms with Gasteiger partial charge in [-0.3, -0.25) is 4.79 Å². The first kappa shape index (κ1) is 20.6. The molecule has 1 heterocycles. The van der Waals surface area contributed by atoms with Crippen LogP contribution >= 0.6 is 11.8 Å². The molecule has 0 atom stereocenters. The van der Waals surface area contributed by atoms with Crippen molar-refractivity contribution in [2.75, 3.05) is 18.2 Å². The third-order valence-corrected chi connectivity index (χ3v) is 6.36. The lowest BCUT2D eigenvalue weighted by molar-refractivity contribution is -0.113. The van der Waals surface area contributed by atoms with Crippen molar-refractivity contribution >= 4 is 23.4 Å². The van der Waals surface area contributed by atoms with Crippen molar-refractivity contribution in [3.05, 3.63) is 46.3 Å². The summed E-state index contributed by atoms with van der Waals surface area (Å²) in [5.41, 5.74) is 7.04. The predicted octanol–water partition coefficient (Wildman–Crippen LogP) is 3.35. The second kappa shape index (κ2) is 8.93. The number of dihydropyridines is 1. The minimum atomic E-state index is -0.640. The Hall–Kier alpha value is -3.10. The molecule has 0 unspecified atom stereocenters. The van der Waals surface area contributed by atoms with Crippen molar-refractivity contribution in [3.8, 4) is 17.9 Å². The molecule has 1 amide bonds. The number of amides is 1. The molecular weight excluding hydrogens is 386 g/mol. The van der Waals surface area contributed by atoms with Gasteiger partial charge in [0, 0.05) is 5.41 Å². The number of hydrogen-bond acceptors (Lipinski definition) is 7. The number of allylic oxidation sites excluding steroid dienone is 2. The fraction of sp³-hybridized carbons (Fsp3) is 0.381. The van der Waals surface area contributed by atoms with Gasteiger partial charge in [-0.2, -0.15) is 10.5 Å². The monoisotopic (exact) mass is 409 g/mol. The van der Waals surface area contributed by atoms with Crippen LogP contribution in [0.4, 0.5) is 5.69 Å². The number of nitrogens with zero attached hydrogens (tertiary/aromatic N) is 2. The van der Waals surface area contributed by atoms with Crippen LogP contribution < -0.4 is 21.1 Å². The highest BCUT2D eigenvalue weighted by Crippen LogP contribution is 2.51. The average Bonchev–Trinajstić information content (AvgIpc) is 2.73. The first-order chi connectivity index (χ1) is 14.1. The van der Waals surface area contributed by atoms with E-state index in [2.05, 4.69) is 22.8 Å².